The number of allylic oxidation sites excluding steroid dienone is 8. The Kier molecular flexibility index (Phi) is 5.33. The van der Waals surface area contributed by atoms with Crippen molar-refractivity contribution >= 4 is 5.96 Å². The Hall–Kier alpha value is -3.61. The van der Waals surface area contributed by atoms with E-state index >= 15 is 0 Å². The first kappa shape index (κ1) is 17.8. The molecule has 144 valence electrons. The minimum Gasteiger partial charge on any atom is -0.267 e. The highest BCUT2D eigenvalue weighted by Crippen LogP contribution is 2.19. The summed E-state index contributed by atoms with van der Waals surface area (Å²) < 4.78 is 0. The molecule has 0 unspecified atom stereocenters. The summed E-state index contributed by atoms with van der Waals surface area (Å²) in [6, 6.07) is 0. The second-order valence-corrected chi connectivity index (χ2v) is 6.47. The summed E-state index contributed by atoms with van der Waals surface area (Å²) in [7, 11) is 0. The summed E-state index contributed by atoms with van der Waals surface area (Å²) in [5.41, 5.74) is 0. The van der Waals surface area contributed by atoms with Crippen LogP contribution in [-0.4, -0.2) is 62.4 Å². The van der Waals surface area contributed by atoms with Gasteiger partial charge in [-0.3, -0.25) is 25.4 Å². The third kappa shape index (κ3) is 3.73. The van der Waals surface area contributed by atoms with Crippen molar-refractivity contribution in [3.8, 4) is 0 Å². The molecule has 4 aliphatic rings. The van der Waals surface area contributed by atoms with Gasteiger partial charge < -0.3 is 0 Å². The molecule has 0 saturated heterocycles. The minimum atomic E-state index is 0.333. The van der Waals surface area contributed by atoms with E-state index in [4.69, 9.17) is 0 Å². The van der Waals surface area contributed by atoms with E-state index in [1.807, 2.05) is 104 Å². The third-order valence-corrected chi connectivity index (χ3v) is 4.54. The summed E-state index contributed by atoms with van der Waals surface area (Å²) >= 11 is 0. The lowest BCUT2D eigenvalue weighted by molar-refractivity contribution is -0.123. The van der Waals surface area contributed by atoms with Crippen molar-refractivity contribution in [3.05, 3.63) is 97.7 Å². The standard InChI is InChI=1S/C21H25N7/c22-21(27(23-13-5-1-6-14-23)24-15-7-2-8-16-24)28(25-17-9-3-10-18-25)26-19-11-4-12-20-26/h1-13,15,17,19,22H,14,16,18,20H2. The molecule has 0 radical (unpaired) electrons. The van der Waals surface area contributed by atoms with Gasteiger partial charge in [-0.25, -0.2) is 0 Å². The molecule has 4 rings (SSSR count). The fourth-order valence-corrected chi connectivity index (χ4v) is 3.25. The first-order chi connectivity index (χ1) is 13.8. The van der Waals surface area contributed by atoms with Crippen LogP contribution in [0.5, 0.6) is 0 Å². The van der Waals surface area contributed by atoms with E-state index < -0.39 is 0 Å². The molecule has 0 aromatic carbocycles. The summed E-state index contributed by atoms with van der Waals surface area (Å²) in [5.74, 6) is 0.333. The average molecular weight is 375 g/mol. The van der Waals surface area contributed by atoms with Gasteiger partial charge in [-0.2, -0.15) is 10.2 Å². The van der Waals surface area contributed by atoms with Crippen molar-refractivity contribution in [2.45, 2.75) is 0 Å². The summed E-state index contributed by atoms with van der Waals surface area (Å²) in [6.45, 7) is 2.80. The average Bonchev–Trinajstić information content (AvgIpc) is 2.77. The second kappa shape index (κ2) is 8.39. The Bertz CT molecular complexity index is 689. The summed E-state index contributed by atoms with van der Waals surface area (Å²) in [6.07, 6.45) is 32.4. The number of nitrogens with zero attached hydrogens (tertiary/aromatic N) is 6. The minimum absolute atomic E-state index is 0.333. The maximum atomic E-state index is 9.20. The molecule has 1 N–H and O–H groups in total. The molecular weight excluding hydrogens is 350 g/mol. The molecule has 0 aromatic heterocycles. The summed E-state index contributed by atoms with van der Waals surface area (Å²) in [5, 5.41) is 21.1. The maximum absolute atomic E-state index is 9.20. The van der Waals surface area contributed by atoms with Crippen molar-refractivity contribution in [1.82, 2.24) is 30.3 Å². The van der Waals surface area contributed by atoms with Crippen LogP contribution in [-0.2, 0) is 0 Å². The van der Waals surface area contributed by atoms with Gasteiger partial charge in [0.25, 0.3) is 5.96 Å². The van der Waals surface area contributed by atoms with E-state index in [9.17, 15) is 5.41 Å². The fraction of sp³-hybridized carbons (Fsp3) is 0.190. The molecule has 0 bridgehead atoms. The van der Waals surface area contributed by atoms with Gasteiger partial charge in [-0.1, -0.05) is 48.6 Å². The molecular formula is C21H25N7. The number of hydrazine groups is 4. The maximum Gasteiger partial charge on any atom is 0.273 e. The molecule has 0 atom stereocenters. The van der Waals surface area contributed by atoms with Gasteiger partial charge in [0, 0.05) is 24.8 Å². The number of rotatable bonds is 4. The van der Waals surface area contributed by atoms with Crippen molar-refractivity contribution in [3.63, 3.8) is 0 Å². The van der Waals surface area contributed by atoms with Crippen molar-refractivity contribution in [1.29, 1.82) is 5.41 Å². The van der Waals surface area contributed by atoms with Gasteiger partial charge in [0.1, 0.15) is 0 Å². The lowest BCUT2D eigenvalue weighted by atomic mass is 10.4. The van der Waals surface area contributed by atoms with E-state index in [1.54, 1.807) is 0 Å². The topological polar surface area (TPSA) is 43.3 Å². The SMILES string of the molecule is N=C(N(N1C=CC=CC1)N1C=CC=CC1)N(N1C=CC=CC1)N1C=CC=CC1. The van der Waals surface area contributed by atoms with Gasteiger partial charge in [-0.15, -0.1) is 0 Å². The first-order valence-electron chi connectivity index (χ1n) is 9.43. The molecule has 0 saturated carbocycles. The van der Waals surface area contributed by atoms with Crippen molar-refractivity contribution in [2.24, 2.45) is 0 Å². The second-order valence-electron chi connectivity index (χ2n) is 6.47. The molecule has 0 amide bonds. The Morgan fingerprint density at radius 2 is 0.786 bits per heavy atom. The summed E-state index contributed by atoms with van der Waals surface area (Å²) in [4.78, 5) is 0. The van der Waals surface area contributed by atoms with Crippen LogP contribution in [0.1, 0.15) is 0 Å². The lowest BCUT2D eigenvalue weighted by Gasteiger charge is -2.49. The molecule has 7 nitrogen and oxygen atoms in total. The Morgan fingerprint density at radius 1 is 0.500 bits per heavy atom. The fourth-order valence-electron chi connectivity index (χ4n) is 3.25. The highest BCUT2D eigenvalue weighted by atomic mass is 16.0. The van der Waals surface area contributed by atoms with Crippen LogP contribution in [0.25, 0.3) is 0 Å². The first-order valence-corrected chi connectivity index (χ1v) is 9.43. The number of guanidine groups is 1. The van der Waals surface area contributed by atoms with E-state index in [0.29, 0.717) is 32.1 Å². The van der Waals surface area contributed by atoms with Gasteiger partial charge in [0.2, 0.25) is 0 Å². The zero-order valence-corrected chi connectivity index (χ0v) is 15.7. The predicted molar refractivity (Wildman–Crippen MR) is 111 cm³/mol. The van der Waals surface area contributed by atoms with E-state index in [0.717, 1.165) is 0 Å². The zero-order chi connectivity index (χ0) is 19.2. The quantitative estimate of drug-likeness (QED) is 0.602. The largest absolute Gasteiger partial charge is 0.273 e. The molecule has 4 aliphatic heterocycles. The lowest BCUT2D eigenvalue weighted by Crippen LogP contribution is -2.63. The molecule has 7 heteroatoms. The van der Waals surface area contributed by atoms with Crippen LogP contribution >= 0.6 is 0 Å². The Morgan fingerprint density at radius 3 is 1.00 bits per heavy atom. The van der Waals surface area contributed by atoms with Gasteiger partial charge in [-0.05, 0) is 24.3 Å². The molecule has 0 spiro atoms. The molecule has 0 fully saturated rings. The van der Waals surface area contributed by atoms with Crippen LogP contribution in [0, 0.1) is 5.41 Å². The van der Waals surface area contributed by atoms with Crippen LogP contribution < -0.4 is 0 Å². The normalized spacial score (nSPS) is 19.7. The number of hydrogen-bond acceptors (Lipinski definition) is 5. The Balaban J connectivity index is 1.66. The highest BCUT2D eigenvalue weighted by molar-refractivity contribution is 5.75. The number of nitrogens with one attached hydrogen (secondary N) is 1. The Labute approximate surface area is 166 Å². The highest BCUT2D eigenvalue weighted by Gasteiger charge is 2.31. The zero-order valence-electron chi connectivity index (χ0n) is 15.7. The van der Waals surface area contributed by atoms with Gasteiger partial charge in [0.05, 0.1) is 26.2 Å². The van der Waals surface area contributed by atoms with Crippen molar-refractivity contribution < 1.29 is 0 Å². The van der Waals surface area contributed by atoms with Crippen LogP contribution in [0.2, 0.25) is 0 Å². The smallest absolute Gasteiger partial charge is 0.267 e. The number of hydrogen-bond donors (Lipinski definition) is 1. The third-order valence-electron chi connectivity index (χ3n) is 4.54. The van der Waals surface area contributed by atoms with Crippen LogP contribution in [0.4, 0.5) is 0 Å². The molecule has 0 aromatic rings. The van der Waals surface area contributed by atoms with Gasteiger partial charge >= 0.3 is 0 Å². The van der Waals surface area contributed by atoms with E-state index in [1.165, 1.54) is 0 Å². The van der Waals surface area contributed by atoms with Crippen LogP contribution in [0.15, 0.2) is 97.7 Å². The van der Waals surface area contributed by atoms with Crippen LogP contribution in [0.3, 0.4) is 0 Å². The molecule has 0 aliphatic carbocycles. The monoisotopic (exact) mass is 375 g/mol. The van der Waals surface area contributed by atoms with Gasteiger partial charge in [0.15, 0.2) is 0 Å². The van der Waals surface area contributed by atoms with Crippen molar-refractivity contribution in [2.75, 3.05) is 26.2 Å². The van der Waals surface area contributed by atoms with E-state index in [2.05, 4.69) is 24.3 Å². The predicted octanol–water partition coefficient (Wildman–Crippen LogP) is 2.73. The molecule has 4 heterocycles. The van der Waals surface area contributed by atoms with E-state index in [-0.39, 0.29) is 0 Å². The molecule has 28 heavy (non-hydrogen) atoms.